The largest absolute Gasteiger partial charge is 0.332 e. The molecule has 1 atom stereocenters. The fraction of sp³-hybridized carbons (Fsp3) is 0.200. The molecule has 3 heteroatoms. The van der Waals surface area contributed by atoms with Crippen molar-refractivity contribution in [3.05, 3.63) is 78.1 Å². The lowest BCUT2D eigenvalue weighted by atomic mass is 10.0. The van der Waals surface area contributed by atoms with Crippen molar-refractivity contribution in [1.29, 1.82) is 0 Å². The highest BCUT2D eigenvalue weighted by atomic mass is 16.2. The average molecular weight is 301 g/mol. The molecule has 4 rings (SSSR count). The van der Waals surface area contributed by atoms with Crippen molar-refractivity contribution in [1.82, 2.24) is 9.88 Å². The number of hydrogen-bond acceptors (Lipinski definition) is 2. The molecule has 1 radical (unpaired) electrons. The Morgan fingerprint density at radius 3 is 2.74 bits per heavy atom. The summed E-state index contributed by atoms with van der Waals surface area (Å²) in [6.45, 7) is 0.798. The predicted molar refractivity (Wildman–Crippen MR) is 90.0 cm³/mol. The zero-order valence-electron chi connectivity index (χ0n) is 12.8. The standard InChI is InChI=1S/C20H17N2O/c23-20(18-8-7-15-4-1-2-5-17(15)14-18)22-13-3-6-19(22)16-9-11-21-12-10-16/h1-2,4-5,7,9-12,14,19H,3,6,13H2. The summed E-state index contributed by atoms with van der Waals surface area (Å²) in [5, 5.41) is 2.19. The first-order chi connectivity index (χ1) is 11.3. The van der Waals surface area contributed by atoms with Crippen molar-refractivity contribution < 1.29 is 4.79 Å². The molecule has 2 aromatic carbocycles. The summed E-state index contributed by atoms with van der Waals surface area (Å²) < 4.78 is 0. The summed E-state index contributed by atoms with van der Waals surface area (Å²) in [5.74, 6) is 0.0649. The Balaban J connectivity index is 1.66. The van der Waals surface area contributed by atoms with Gasteiger partial charge in [-0.1, -0.05) is 24.3 Å². The molecule has 0 saturated carbocycles. The molecule has 1 amide bonds. The molecule has 1 aliphatic heterocycles. The quantitative estimate of drug-likeness (QED) is 0.716. The molecule has 3 aromatic rings. The zero-order valence-corrected chi connectivity index (χ0v) is 12.8. The summed E-state index contributed by atoms with van der Waals surface area (Å²) in [5.41, 5.74) is 1.80. The van der Waals surface area contributed by atoms with Gasteiger partial charge in [0.2, 0.25) is 0 Å². The van der Waals surface area contributed by atoms with Crippen molar-refractivity contribution >= 4 is 16.7 Å². The highest BCUT2D eigenvalue weighted by molar-refractivity contribution is 5.98. The summed E-state index contributed by atoms with van der Waals surface area (Å²) in [6.07, 6.45) is 5.62. The lowest BCUT2D eigenvalue weighted by Crippen LogP contribution is -2.30. The maximum Gasteiger partial charge on any atom is 0.255 e. The second-order valence-corrected chi connectivity index (χ2v) is 5.91. The first-order valence-corrected chi connectivity index (χ1v) is 7.94. The van der Waals surface area contributed by atoms with Gasteiger partial charge >= 0.3 is 0 Å². The first-order valence-electron chi connectivity index (χ1n) is 7.94. The van der Waals surface area contributed by atoms with Crippen LogP contribution in [0.4, 0.5) is 0 Å². The number of amides is 1. The molecule has 1 unspecified atom stereocenters. The summed E-state index contributed by atoms with van der Waals surface area (Å²) >= 11 is 0. The van der Waals surface area contributed by atoms with Crippen molar-refractivity contribution in [3.8, 4) is 0 Å². The Kier molecular flexibility index (Phi) is 3.54. The average Bonchev–Trinajstić information content (AvgIpc) is 3.11. The lowest BCUT2D eigenvalue weighted by Gasteiger charge is -2.25. The van der Waals surface area contributed by atoms with E-state index in [9.17, 15) is 4.79 Å². The fourth-order valence-electron chi connectivity index (χ4n) is 3.35. The van der Waals surface area contributed by atoms with Gasteiger partial charge in [-0.15, -0.1) is 0 Å². The number of rotatable bonds is 2. The Labute approximate surface area is 135 Å². The van der Waals surface area contributed by atoms with Crippen molar-refractivity contribution in [3.63, 3.8) is 0 Å². The zero-order chi connectivity index (χ0) is 15.6. The van der Waals surface area contributed by atoms with Crippen LogP contribution in [-0.4, -0.2) is 22.3 Å². The number of hydrogen-bond donors (Lipinski definition) is 0. The molecule has 1 aromatic heterocycles. The number of carbonyl (C=O) groups excluding carboxylic acids is 1. The third-order valence-corrected chi connectivity index (χ3v) is 4.51. The van der Waals surface area contributed by atoms with E-state index in [0.717, 1.165) is 35.7 Å². The highest BCUT2D eigenvalue weighted by Crippen LogP contribution is 2.33. The third-order valence-electron chi connectivity index (χ3n) is 4.51. The molecule has 0 bridgehead atoms. The maximum atomic E-state index is 13.0. The minimum atomic E-state index is 0.0649. The van der Waals surface area contributed by atoms with Gasteiger partial charge in [0.15, 0.2) is 0 Å². The number of likely N-dealkylation sites (tertiary alicyclic amines) is 1. The van der Waals surface area contributed by atoms with E-state index in [-0.39, 0.29) is 11.9 Å². The molecule has 1 saturated heterocycles. The van der Waals surface area contributed by atoms with Gasteiger partial charge in [-0.3, -0.25) is 9.78 Å². The van der Waals surface area contributed by atoms with Crippen LogP contribution in [0.2, 0.25) is 0 Å². The van der Waals surface area contributed by atoms with Crippen LogP contribution in [0.25, 0.3) is 10.8 Å². The van der Waals surface area contributed by atoms with E-state index < -0.39 is 0 Å². The monoisotopic (exact) mass is 301 g/mol. The minimum absolute atomic E-state index is 0.0649. The molecule has 2 heterocycles. The van der Waals surface area contributed by atoms with E-state index in [4.69, 9.17) is 0 Å². The van der Waals surface area contributed by atoms with Crippen LogP contribution in [0.15, 0.2) is 60.9 Å². The van der Waals surface area contributed by atoms with Crippen LogP contribution in [0, 0.1) is 6.07 Å². The SMILES string of the molecule is O=C(c1[c]cc2ccccc2c1)N1CCCC1c1ccncc1. The number of carbonyl (C=O) groups is 1. The van der Waals surface area contributed by atoms with E-state index in [1.807, 2.05) is 53.4 Å². The molecule has 0 aliphatic carbocycles. The van der Waals surface area contributed by atoms with Crippen LogP contribution < -0.4 is 0 Å². The molecule has 113 valence electrons. The molecule has 23 heavy (non-hydrogen) atoms. The summed E-state index contributed by atoms with van der Waals surface area (Å²) in [7, 11) is 0. The first kappa shape index (κ1) is 13.9. The van der Waals surface area contributed by atoms with Crippen molar-refractivity contribution in [2.45, 2.75) is 18.9 Å². The van der Waals surface area contributed by atoms with Gasteiger partial charge in [-0.25, -0.2) is 0 Å². The van der Waals surface area contributed by atoms with E-state index in [1.165, 1.54) is 0 Å². The molecular weight excluding hydrogens is 284 g/mol. The third kappa shape index (κ3) is 2.59. The van der Waals surface area contributed by atoms with Gasteiger partial charge in [0.05, 0.1) is 6.04 Å². The van der Waals surface area contributed by atoms with Gasteiger partial charge < -0.3 is 4.90 Å². The molecule has 3 nitrogen and oxygen atoms in total. The maximum absolute atomic E-state index is 13.0. The number of pyridine rings is 1. The second kappa shape index (κ2) is 5.84. The van der Waals surface area contributed by atoms with E-state index in [2.05, 4.69) is 11.1 Å². The van der Waals surface area contributed by atoms with Gasteiger partial charge in [-0.2, -0.15) is 0 Å². The Morgan fingerprint density at radius 2 is 1.91 bits per heavy atom. The molecule has 0 N–H and O–H groups in total. The van der Waals surface area contributed by atoms with Gasteiger partial charge in [0.25, 0.3) is 5.91 Å². The Morgan fingerprint density at radius 1 is 1.13 bits per heavy atom. The van der Waals surface area contributed by atoms with Crippen molar-refractivity contribution in [2.24, 2.45) is 0 Å². The highest BCUT2D eigenvalue weighted by Gasteiger charge is 2.30. The van der Waals surface area contributed by atoms with Crippen molar-refractivity contribution in [2.75, 3.05) is 6.54 Å². The molecule has 0 spiro atoms. The van der Waals surface area contributed by atoms with Gasteiger partial charge in [0, 0.05) is 24.5 Å². The fourth-order valence-corrected chi connectivity index (χ4v) is 3.35. The number of nitrogens with zero attached hydrogens (tertiary/aromatic N) is 2. The van der Waals surface area contributed by atoms with Crippen LogP contribution in [0.5, 0.6) is 0 Å². The van der Waals surface area contributed by atoms with Crippen LogP contribution in [0.1, 0.15) is 34.8 Å². The lowest BCUT2D eigenvalue weighted by molar-refractivity contribution is 0.0735. The second-order valence-electron chi connectivity index (χ2n) is 5.91. The topological polar surface area (TPSA) is 33.2 Å². The number of fused-ring (bicyclic) bond motifs is 1. The number of aromatic nitrogens is 1. The van der Waals surface area contributed by atoms with E-state index in [1.54, 1.807) is 12.4 Å². The molecular formula is C20H17N2O. The number of benzene rings is 2. The van der Waals surface area contributed by atoms with Crippen LogP contribution >= 0.6 is 0 Å². The van der Waals surface area contributed by atoms with Crippen LogP contribution in [-0.2, 0) is 0 Å². The van der Waals surface area contributed by atoms with Crippen LogP contribution in [0.3, 0.4) is 0 Å². The minimum Gasteiger partial charge on any atom is -0.332 e. The molecule has 1 fully saturated rings. The Bertz CT molecular complexity index is 844. The molecule has 1 aliphatic rings. The normalized spacial score (nSPS) is 17.6. The smallest absolute Gasteiger partial charge is 0.255 e. The summed E-state index contributed by atoms with van der Waals surface area (Å²) in [6, 6.07) is 19.2. The predicted octanol–water partition coefficient (Wildman–Crippen LogP) is 4.01. The van der Waals surface area contributed by atoms with E-state index in [0.29, 0.717) is 5.56 Å². The van der Waals surface area contributed by atoms with Gasteiger partial charge in [-0.05, 0) is 59.5 Å². The van der Waals surface area contributed by atoms with E-state index >= 15 is 0 Å². The van der Waals surface area contributed by atoms with Gasteiger partial charge in [0.1, 0.15) is 0 Å². The summed E-state index contributed by atoms with van der Waals surface area (Å²) in [4.78, 5) is 19.0. The Hall–Kier alpha value is -2.68.